The minimum absolute atomic E-state index is 0. The molecule has 4 aliphatic rings. The maximum atomic E-state index is 3.29. The molecule has 0 fully saturated rings. The zero-order valence-electron chi connectivity index (χ0n) is 45.0. The molecule has 0 bridgehead atoms. The summed E-state index contributed by atoms with van der Waals surface area (Å²) in [4.78, 5) is 0. The average Bonchev–Trinajstić information content (AvgIpc) is 4.35. The van der Waals surface area contributed by atoms with Gasteiger partial charge in [0, 0.05) is 0 Å². The van der Waals surface area contributed by atoms with E-state index in [1.807, 2.05) is 24.3 Å². The summed E-state index contributed by atoms with van der Waals surface area (Å²) >= 11 is 2.53. The molecule has 0 saturated heterocycles. The van der Waals surface area contributed by atoms with E-state index in [0.717, 1.165) is 25.7 Å². The molecule has 0 nitrogen and oxygen atoms in total. The van der Waals surface area contributed by atoms with Crippen molar-refractivity contribution in [3.63, 3.8) is 0 Å². The molecule has 8 aromatic carbocycles. The second-order valence-electron chi connectivity index (χ2n) is 18.5. The third kappa shape index (κ3) is 21.2. The first-order valence-electron chi connectivity index (χ1n) is 25.9. The molecule has 0 aliphatic heterocycles. The van der Waals surface area contributed by atoms with Crippen LogP contribution in [0.5, 0.6) is 0 Å². The maximum absolute atomic E-state index is 3.29. The molecular weight excluding hydrogens is 1350 g/mol. The summed E-state index contributed by atoms with van der Waals surface area (Å²) < 4.78 is 0. The van der Waals surface area contributed by atoms with Crippen LogP contribution in [0.1, 0.15) is 75.6 Å². The molecule has 12 rings (SSSR count). The molecule has 8 aromatic rings. The van der Waals surface area contributed by atoms with E-state index in [4.69, 9.17) is 0 Å². The molecule has 4 aliphatic carbocycles. The summed E-state index contributed by atoms with van der Waals surface area (Å²) in [6, 6.07) is 85.5. The van der Waals surface area contributed by atoms with Crippen LogP contribution in [0.2, 0.25) is 0 Å². The van der Waals surface area contributed by atoms with Crippen LogP contribution in [0.25, 0.3) is 22.3 Å². The van der Waals surface area contributed by atoms with Gasteiger partial charge >= 0.3 is 199 Å². The van der Waals surface area contributed by atoms with Gasteiger partial charge in [0.1, 0.15) is 0 Å². The molecule has 6 heteroatoms. The number of benzene rings is 8. The molecule has 0 saturated carbocycles. The standard InChI is InChI=1S/2C12H10Si.4C12H11.2ClH.2Hf/c2*1-3-7-11(8-4-1)13-12-9-5-2-6-10-12;4*1-10-7-8-12(9-10)11-5-3-2-4-6-11;;;;/h2*1-10H;4*2-6,9H,8H2,1H3;2*1H;;/q;;4*-1;;;2*+2/p-2. The normalized spacial score (nSPS) is 13.2. The van der Waals surface area contributed by atoms with Gasteiger partial charge in [0.15, 0.2) is 0 Å². The number of hydrogen-bond donors (Lipinski definition) is 0. The van der Waals surface area contributed by atoms with Gasteiger partial charge in [-0.3, -0.25) is 24.3 Å². The van der Waals surface area contributed by atoms with Crippen LogP contribution in [0.15, 0.2) is 289 Å². The fraction of sp³-hybridized carbons (Fsp3) is 0.111. The van der Waals surface area contributed by atoms with Gasteiger partial charge in [-0.1, -0.05) is 149 Å². The molecule has 0 unspecified atom stereocenters. The summed E-state index contributed by atoms with van der Waals surface area (Å²) in [6.45, 7) is 8.37. The Kier molecular flexibility index (Phi) is 28.5. The van der Waals surface area contributed by atoms with Gasteiger partial charge in [-0.25, -0.2) is 46.6 Å². The fourth-order valence-electron chi connectivity index (χ4n) is 8.50. The third-order valence-corrected chi connectivity index (χ3v) is 28.7. The summed E-state index contributed by atoms with van der Waals surface area (Å²) in [5, 5.41) is 6.15. The van der Waals surface area contributed by atoms with Gasteiger partial charge in [-0.2, -0.15) is 0 Å². The number of halogens is 2. The van der Waals surface area contributed by atoms with Gasteiger partial charge in [0.25, 0.3) is 0 Å². The first-order chi connectivity index (χ1) is 37.2. The van der Waals surface area contributed by atoms with Crippen molar-refractivity contribution < 1.29 is 70.8 Å². The van der Waals surface area contributed by atoms with Gasteiger partial charge in [0.05, 0.1) is 0 Å². The Morgan fingerprint density at radius 1 is 0.256 bits per heavy atom. The van der Waals surface area contributed by atoms with Crippen molar-refractivity contribution in [3.8, 4) is 0 Å². The molecule has 384 valence electrons. The zero-order valence-corrected chi connectivity index (χ0v) is 55.7. The first-order valence-corrected chi connectivity index (χ1v) is 39.7. The topological polar surface area (TPSA) is 0 Å². The molecule has 0 aromatic heterocycles. The van der Waals surface area contributed by atoms with Crippen LogP contribution in [0.3, 0.4) is 0 Å². The van der Waals surface area contributed by atoms with Crippen LogP contribution < -0.4 is 45.6 Å². The van der Waals surface area contributed by atoms with Gasteiger partial charge < -0.3 is 24.8 Å². The molecule has 0 spiro atoms. The van der Waals surface area contributed by atoms with Crippen LogP contribution >= 0.6 is 0 Å². The Labute approximate surface area is 509 Å². The fourth-order valence-corrected chi connectivity index (χ4v) is 18.5. The van der Waals surface area contributed by atoms with Gasteiger partial charge in [-0.15, -0.1) is 48.0 Å². The van der Waals surface area contributed by atoms with E-state index in [2.05, 4.69) is 295 Å². The van der Waals surface area contributed by atoms with Crippen molar-refractivity contribution >= 4 is 54.0 Å². The van der Waals surface area contributed by atoms with Gasteiger partial charge in [0.2, 0.25) is 0 Å². The Morgan fingerprint density at radius 2 is 0.410 bits per heavy atom. The van der Waals surface area contributed by atoms with E-state index >= 15 is 0 Å². The molecule has 0 atom stereocenters. The number of rotatable bonds is 8. The Bertz CT molecular complexity index is 2910. The second-order valence-corrected chi connectivity index (χ2v) is 33.1. The van der Waals surface area contributed by atoms with E-state index in [-0.39, 0.29) is 24.8 Å². The van der Waals surface area contributed by atoms with E-state index in [9.17, 15) is 0 Å². The third-order valence-electron chi connectivity index (χ3n) is 12.6. The quantitative estimate of drug-likeness (QED) is 0.105. The van der Waals surface area contributed by atoms with Crippen molar-refractivity contribution in [1.82, 2.24) is 0 Å². The molecule has 0 N–H and O–H groups in total. The number of hydrogen-bond acceptors (Lipinski definition) is 0. The Balaban J connectivity index is 0.000000172. The molecular formula is C72H64Cl2Hf2Si2-2. The minimum atomic E-state index is -0.406. The Hall–Kier alpha value is -5.57. The summed E-state index contributed by atoms with van der Waals surface area (Å²) in [6.07, 6.45) is 25.9. The summed E-state index contributed by atoms with van der Waals surface area (Å²) in [5.41, 5.74) is 15.0. The SMILES string of the molecule is CC1=[C-]CC(c2ccccc2)=C1.CC1=[C-]CC(c2ccccc2)=C1.CC1=[C-]CC(c2ccccc2)=C1.CC1=[C-]CC(c2ccccc2)=C1.[Cl-].[Cl-].[Hf+2]=[Si](c1ccccc1)c1ccccc1.[Hf+2]=[Si](c1ccccc1)c1ccccc1. The van der Waals surface area contributed by atoms with E-state index in [1.165, 1.54) is 134 Å². The number of allylic oxidation sites excluding steroid dienone is 16. The van der Waals surface area contributed by atoms with E-state index in [0.29, 0.717) is 0 Å². The monoisotopic (exact) mass is 1410 g/mol. The predicted molar refractivity (Wildman–Crippen MR) is 322 cm³/mol. The summed E-state index contributed by atoms with van der Waals surface area (Å²) in [5.74, 6) is 0. The van der Waals surface area contributed by atoms with Crippen LogP contribution in [-0.4, -0.2) is 11.0 Å². The van der Waals surface area contributed by atoms with E-state index < -0.39 is 11.0 Å². The first kappa shape index (κ1) is 63.3. The summed E-state index contributed by atoms with van der Waals surface area (Å²) in [7, 11) is 0. The molecule has 0 heterocycles. The van der Waals surface area contributed by atoms with E-state index in [1.54, 1.807) is 0 Å². The molecule has 78 heavy (non-hydrogen) atoms. The van der Waals surface area contributed by atoms with Crippen molar-refractivity contribution in [2.45, 2.75) is 53.4 Å². The molecule has 0 radical (unpaired) electrons. The van der Waals surface area contributed by atoms with Crippen LogP contribution in [0.4, 0.5) is 0 Å². The Morgan fingerprint density at radius 3 is 0.551 bits per heavy atom. The molecule has 0 amide bonds. The van der Waals surface area contributed by atoms with Crippen molar-refractivity contribution in [3.05, 3.63) is 336 Å². The van der Waals surface area contributed by atoms with Crippen LogP contribution in [0, 0.1) is 24.3 Å². The van der Waals surface area contributed by atoms with Crippen LogP contribution in [-0.2, 0) is 46.0 Å². The van der Waals surface area contributed by atoms with Gasteiger partial charge in [-0.05, 0) is 22.3 Å². The zero-order chi connectivity index (χ0) is 53.2. The van der Waals surface area contributed by atoms with Crippen molar-refractivity contribution in [2.75, 3.05) is 0 Å². The average molecular weight is 1410 g/mol. The predicted octanol–water partition coefficient (Wildman–Crippen LogP) is 9.58. The van der Waals surface area contributed by atoms with Crippen molar-refractivity contribution in [1.29, 1.82) is 0 Å². The van der Waals surface area contributed by atoms with Crippen molar-refractivity contribution in [2.24, 2.45) is 0 Å². The second kappa shape index (κ2) is 35.1.